The molecule has 0 aliphatic carbocycles. The van der Waals surface area contributed by atoms with E-state index in [1.165, 1.54) is 0 Å². The largest absolute Gasteiger partial charge is 0.394 e. The first kappa shape index (κ1) is 16.4. The number of aliphatic hydroxyl groups is 1. The van der Waals surface area contributed by atoms with Crippen molar-refractivity contribution in [2.24, 2.45) is 0 Å². The molecule has 0 spiro atoms. The fourth-order valence-corrected chi connectivity index (χ4v) is 1.83. The molecule has 1 amide bonds. The number of hydrogen-bond acceptors (Lipinski definition) is 5. The number of nitrogens with one attached hydrogen (secondary N) is 2. The molecule has 0 aliphatic heterocycles. The first-order chi connectivity index (χ1) is 9.55. The summed E-state index contributed by atoms with van der Waals surface area (Å²) in [7, 11) is 0. The molecule has 0 fully saturated rings. The van der Waals surface area contributed by atoms with Crippen LogP contribution in [0.25, 0.3) is 0 Å². The Morgan fingerprint density at radius 1 is 1.35 bits per heavy atom. The van der Waals surface area contributed by atoms with Crippen LogP contribution >= 0.6 is 0 Å². The maximum Gasteiger partial charge on any atom is 0.223 e. The average molecular weight is 280 g/mol. The number of carbonyl (C=O) groups excluding carboxylic acids is 1. The summed E-state index contributed by atoms with van der Waals surface area (Å²) in [5.74, 6) is 0.568. The lowest BCUT2D eigenvalue weighted by Gasteiger charge is -2.13. The van der Waals surface area contributed by atoms with E-state index in [2.05, 4.69) is 20.6 Å². The molecule has 0 radical (unpaired) electrons. The van der Waals surface area contributed by atoms with Gasteiger partial charge in [-0.2, -0.15) is 0 Å². The Kier molecular flexibility index (Phi) is 6.93. The van der Waals surface area contributed by atoms with E-state index in [0.717, 1.165) is 17.8 Å². The van der Waals surface area contributed by atoms with Crippen LogP contribution in [0.15, 0.2) is 6.07 Å². The molecule has 1 atom stereocenters. The third kappa shape index (κ3) is 5.97. The molecular weight excluding hydrogens is 256 g/mol. The van der Waals surface area contributed by atoms with E-state index in [1.54, 1.807) is 0 Å². The van der Waals surface area contributed by atoms with Gasteiger partial charge in [-0.05, 0) is 32.8 Å². The molecule has 1 rings (SSSR count). The van der Waals surface area contributed by atoms with Crippen LogP contribution < -0.4 is 10.6 Å². The van der Waals surface area contributed by atoms with Gasteiger partial charge < -0.3 is 15.7 Å². The molecular formula is C14H24N4O2. The van der Waals surface area contributed by atoms with Crippen LogP contribution in [-0.4, -0.2) is 40.2 Å². The topological polar surface area (TPSA) is 87.1 Å². The number of nitrogens with zero attached hydrogens (tertiary/aromatic N) is 2. The molecule has 1 aromatic rings. The number of aliphatic hydroxyl groups excluding tert-OH is 1. The van der Waals surface area contributed by atoms with Gasteiger partial charge in [-0.25, -0.2) is 9.97 Å². The van der Waals surface area contributed by atoms with Crippen molar-refractivity contribution in [3.8, 4) is 0 Å². The summed E-state index contributed by atoms with van der Waals surface area (Å²) in [5, 5.41) is 14.9. The Morgan fingerprint density at radius 3 is 2.55 bits per heavy atom. The van der Waals surface area contributed by atoms with E-state index in [-0.39, 0.29) is 18.6 Å². The molecule has 6 nitrogen and oxygen atoms in total. The number of carbonyl (C=O) groups is 1. The Hall–Kier alpha value is -1.69. The normalized spacial score (nSPS) is 12.0. The van der Waals surface area contributed by atoms with Crippen molar-refractivity contribution >= 4 is 11.9 Å². The summed E-state index contributed by atoms with van der Waals surface area (Å²) < 4.78 is 0. The van der Waals surface area contributed by atoms with Gasteiger partial charge in [0.2, 0.25) is 11.9 Å². The van der Waals surface area contributed by atoms with Crippen LogP contribution in [0.4, 0.5) is 5.95 Å². The van der Waals surface area contributed by atoms with E-state index in [1.807, 2.05) is 26.8 Å². The van der Waals surface area contributed by atoms with Crippen LogP contribution in [0.5, 0.6) is 0 Å². The average Bonchev–Trinajstić information content (AvgIpc) is 2.40. The second-order valence-corrected chi connectivity index (χ2v) is 4.86. The van der Waals surface area contributed by atoms with Crippen LogP contribution in [0, 0.1) is 13.8 Å². The van der Waals surface area contributed by atoms with Gasteiger partial charge in [0.05, 0.1) is 12.6 Å². The van der Waals surface area contributed by atoms with Crippen molar-refractivity contribution < 1.29 is 9.90 Å². The first-order valence-electron chi connectivity index (χ1n) is 7.01. The first-order valence-corrected chi connectivity index (χ1v) is 7.01. The van der Waals surface area contributed by atoms with Crippen molar-refractivity contribution in [1.29, 1.82) is 0 Å². The lowest BCUT2D eigenvalue weighted by atomic mass is 10.2. The fourth-order valence-electron chi connectivity index (χ4n) is 1.83. The Bertz CT molecular complexity index is 413. The maximum atomic E-state index is 11.6. The molecule has 3 N–H and O–H groups in total. The zero-order chi connectivity index (χ0) is 15.0. The van der Waals surface area contributed by atoms with Gasteiger partial charge in [0.1, 0.15) is 0 Å². The SMILES string of the molecule is CCC(CO)NC(=O)CCCNc1nc(C)cc(C)n1. The summed E-state index contributed by atoms with van der Waals surface area (Å²) in [6, 6.07) is 1.77. The monoisotopic (exact) mass is 280 g/mol. The minimum Gasteiger partial charge on any atom is -0.394 e. The summed E-state index contributed by atoms with van der Waals surface area (Å²) >= 11 is 0. The molecule has 6 heteroatoms. The van der Waals surface area contributed by atoms with Crippen molar-refractivity contribution in [2.75, 3.05) is 18.5 Å². The second-order valence-electron chi connectivity index (χ2n) is 4.86. The highest BCUT2D eigenvalue weighted by molar-refractivity contribution is 5.76. The summed E-state index contributed by atoms with van der Waals surface area (Å²) in [6.45, 7) is 6.41. The van der Waals surface area contributed by atoms with E-state index >= 15 is 0 Å². The molecule has 20 heavy (non-hydrogen) atoms. The number of aryl methyl sites for hydroxylation is 2. The smallest absolute Gasteiger partial charge is 0.223 e. The van der Waals surface area contributed by atoms with Gasteiger partial charge in [-0.3, -0.25) is 4.79 Å². The van der Waals surface area contributed by atoms with Crippen molar-refractivity contribution in [3.63, 3.8) is 0 Å². The zero-order valence-corrected chi connectivity index (χ0v) is 12.4. The second kappa shape index (κ2) is 8.47. The number of anilines is 1. The molecule has 1 heterocycles. The number of aromatic nitrogens is 2. The predicted octanol–water partition coefficient (Wildman–Crippen LogP) is 1.17. The number of hydrogen-bond donors (Lipinski definition) is 3. The Labute approximate surface area is 120 Å². The Balaban J connectivity index is 2.26. The lowest BCUT2D eigenvalue weighted by molar-refractivity contribution is -0.122. The molecule has 0 aliphatic rings. The van der Waals surface area contributed by atoms with E-state index in [0.29, 0.717) is 25.3 Å². The van der Waals surface area contributed by atoms with E-state index in [9.17, 15) is 4.79 Å². The minimum absolute atomic E-state index is 0.0170. The van der Waals surface area contributed by atoms with Gasteiger partial charge in [0, 0.05) is 24.4 Å². The standard InChI is InChI=1S/C14H24N4O2/c1-4-12(9-19)18-13(20)6-5-7-15-14-16-10(2)8-11(3)17-14/h8,12,19H,4-7,9H2,1-3H3,(H,18,20)(H,15,16,17). The van der Waals surface area contributed by atoms with Crippen LogP contribution in [-0.2, 0) is 4.79 Å². The van der Waals surface area contributed by atoms with Crippen molar-refractivity contribution in [2.45, 2.75) is 46.1 Å². The highest BCUT2D eigenvalue weighted by Gasteiger charge is 2.08. The fraction of sp³-hybridized carbons (Fsp3) is 0.643. The third-order valence-electron chi connectivity index (χ3n) is 2.92. The molecule has 1 aromatic heterocycles. The Morgan fingerprint density at radius 2 is 2.00 bits per heavy atom. The summed E-state index contributed by atoms with van der Waals surface area (Å²) in [4.78, 5) is 20.1. The molecule has 1 unspecified atom stereocenters. The summed E-state index contributed by atoms with van der Waals surface area (Å²) in [5.41, 5.74) is 1.85. The van der Waals surface area contributed by atoms with Gasteiger partial charge in [-0.15, -0.1) is 0 Å². The predicted molar refractivity (Wildman–Crippen MR) is 78.5 cm³/mol. The zero-order valence-electron chi connectivity index (χ0n) is 12.4. The highest BCUT2D eigenvalue weighted by atomic mass is 16.3. The number of rotatable bonds is 8. The van der Waals surface area contributed by atoms with Crippen molar-refractivity contribution in [1.82, 2.24) is 15.3 Å². The van der Waals surface area contributed by atoms with Crippen LogP contribution in [0.1, 0.15) is 37.6 Å². The van der Waals surface area contributed by atoms with E-state index in [4.69, 9.17) is 5.11 Å². The molecule has 0 bridgehead atoms. The highest BCUT2D eigenvalue weighted by Crippen LogP contribution is 2.04. The number of amides is 1. The van der Waals surface area contributed by atoms with Crippen molar-refractivity contribution in [3.05, 3.63) is 17.5 Å². The van der Waals surface area contributed by atoms with Gasteiger partial charge in [-0.1, -0.05) is 6.92 Å². The third-order valence-corrected chi connectivity index (χ3v) is 2.92. The van der Waals surface area contributed by atoms with Crippen LogP contribution in [0.2, 0.25) is 0 Å². The van der Waals surface area contributed by atoms with Gasteiger partial charge in [0.25, 0.3) is 0 Å². The lowest BCUT2D eigenvalue weighted by Crippen LogP contribution is -2.36. The quantitative estimate of drug-likeness (QED) is 0.622. The molecule has 112 valence electrons. The summed E-state index contributed by atoms with van der Waals surface area (Å²) in [6.07, 6.45) is 1.86. The van der Waals surface area contributed by atoms with E-state index < -0.39 is 0 Å². The minimum atomic E-state index is -0.141. The van der Waals surface area contributed by atoms with Gasteiger partial charge in [0.15, 0.2) is 0 Å². The molecule has 0 saturated carbocycles. The van der Waals surface area contributed by atoms with Gasteiger partial charge >= 0.3 is 0 Å². The van der Waals surface area contributed by atoms with Crippen LogP contribution in [0.3, 0.4) is 0 Å². The molecule has 0 aromatic carbocycles. The maximum absolute atomic E-state index is 11.6. The molecule has 0 saturated heterocycles.